The van der Waals surface area contributed by atoms with Gasteiger partial charge in [-0.05, 0) is 31.2 Å². The van der Waals surface area contributed by atoms with Gasteiger partial charge in [-0.25, -0.2) is 0 Å². The second-order valence-corrected chi connectivity index (χ2v) is 7.40. The summed E-state index contributed by atoms with van der Waals surface area (Å²) in [5.41, 5.74) is 1.29. The third-order valence-corrected chi connectivity index (χ3v) is 5.26. The number of benzene rings is 2. The molecular formula is C20H20ClN5O2S. The highest BCUT2D eigenvalue weighted by atomic mass is 35.5. The Bertz CT molecular complexity index is 994. The quantitative estimate of drug-likeness (QED) is 0.531. The van der Waals surface area contributed by atoms with Gasteiger partial charge in [0.15, 0.2) is 5.16 Å². The molecule has 3 rings (SSSR count). The van der Waals surface area contributed by atoms with Crippen molar-refractivity contribution in [2.24, 2.45) is 0 Å². The van der Waals surface area contributed by atoms with Crippen LogP contribution < -0.4 is 10.6 Å². The maximum atomic E-state index is 12.4. The third-order valence-electron chi connectivity index (χ3n) is 3.97. The molecule has 3 aromatic rings. The number of nitrogens with zero attached hydrogens (tertiary/aromatic N) is 3. The molecule has 7 nitrogen and oxygen atoms in total. The van der Waals surface area contributed by atoms with E-state index in [9.17, 15) is 9.59 Å². The van der Waals surface area contributed by atoms with Crippen LogP contribution in [0.15, 0.2) is 59.8 Å². The van der Waals surface area contributed by atoms with Crippen molar-refractivity contribution in [3.05, 3.63) is 65.4 Å². The fourth-order valence-corrected chi connectivity index (χ4v) is 3.63. The molecule has 29 heavy (non-hydrogen) atoms. The predicted octanol–water partition coefficient (Wildman–Crippen LogP) is 3.86. The van der Waals surface area contributed by atoms with Crippen LogP contribution in [-0.2, 0) is 22.6 Å². The maximum absolute atomic E-state index is 12.4. The Morgan fingerprint density at radius 2 is 1.72 bits per heavy atom. The zero-order valence-corrected chi connectivity index (χ0v) is 17.3. The van der Waals surface area contributed by atoms with Gasteiger partial charge < -0.3 is 15.2 Å². The number of amides is 2. The van der Waals surface area contributed by atoms with Crippen molar-refractivity contribution in [1.82, 2.24) is 14.8 Å². The highest BCUT2D eigenvalue weighted by molar-refractivity contribution is 7.99. The van der Waals surface area contributed by atoms with Crippen LogP contribution in [0.4, 0.5) is 11.4 Å². The Morgan fingerprint density at radius 3 is 2.45 bits per heavy atom. The summed E-state index contributed by atoms with van der Waals surface area (Å²) < 4.78 is 1.83. The molecule has 0 aliphatic heterocycles. The second kappa shape index (κ2) is 10.1. The number of carbonyl (C=O) groups is 2. The minimum Gasteiger partial charge on any atom is -0.325 e. The van der Waals surface area contributed by atoms with Gasteiger partial charge >= 0.3 is 0 Å². The molecule has 150 valence electrons. The molecule has 2 amide bonds. The zero-order valence-electron chi connectivity index (χ0n) is 15.8. The lowest BCUT2D eigenvalue weighted by molar-refractivity contribution is -0.116. The van der Waals surface area contributed by atoms with Crippen molar-refractivity contribution in [3.8, 4) is 0 Å². The number of thioether (sulfide) groups is 1. The standard InChI is InChI=1S/C20H20ClN5O2S/c1-2-26-17(12-18(27)23-16-11-7-6-10-15(16)21)24-25-20(26)29-13-19(28)22-14-8-4-3-5-9-14/h3-11H,2,12-13H2,1H3,(H,22,28)(H,23,27). The number of anilines is 2. The molecule has 0 aliphatic rings. The maximum Gasteiger partial charge on any atom is 0.234 e. The zero-order chi connectivity index (χ0) is 20.6. The number of nitrogens with one attached hydrogen (secondary N) is 2. The molecule has 0 unspecified atom stereocenters. The van der Waals surface area contributed by atoms with Gasteiger partial charge in [0.1, 0.15) is 5.82 Å². The highest BCUT2D eigenvalue weighted by Gasteiger charge is 2.16. The van der Waals surface area contributed by atoms with Crippen LogP contribution in [0, 0.1) is 0 Å². The molecule has 9 heteroatoms. The van der Waals surface area contributed by atoms with Crippen LogP contribution in [0.25, 0.3) is 0 Å². The first-order valence-electron chi connectivity index (χ1n) is 9.01. The Kier molecular flexibility index (Phi) is 7.26. The summed E-state index contributed by atoms with van der Waals surface area (Å²) in [7, 11) is 0. The largest absolute Gasteiger partial charge is 0.325 e. The lowest BCUT2D eigenvalue weighted by Crippen LogP contribution is -2.18. The van der Waals surface area contributed by atoms with E-state index >= 15 is 0 Å². The highest BCUT2D eigenvalue weighted by Crippen LogP contribution is 2.21. The van der Waals surface area contributed by atoms with Gasteiger partial charge in [0, 0.05) is 12.2 Å². The van der Waals surface area contributed by atoms with Gasteiger partial charge in [-0.1, -0.05) is 53.7 Å². The molecule has 0 saturated carbocycles. The van der Waals surface area contributed by atoms with E-state index in [4.69, 9.17) is 11.6 Å². The molecule has 0 aliphatic carbocycles. The number of carbonyl (C=O) groups excluding carboxylic acids is 2. The van der Waals surface area contributed by atoms with Crippen LogP contribution in [0.5, 0.6) is 0 Å². The first-order valence-corrected chi connectivity index (χ1v) is 10.4. The molecule has 2 aromatic carbocycles. The SMILES string of the molecule is CCn1c(CC(=O)Nc2ccccc2Cl)nnc1SCC(=O)Nc1ccccc1. The number of rotatable bonds is 8. The molecule has 0 saturated heterocycles. The van der Waals surface area contributed by atoms with E-state index in [2.05, 4.69) is 20.8 Å². The molecule has 1 heterocycles. The predicted molar refractivity (Wildman–Crippen MR) is 115 cm³/mol. The van der Waals surface area contributed by atoms with E-state index in [1.54, 1.807) is 24.3 Å². The van der Waals surface area contributed by atoms with Crippen LogP contribution in [0.1, 0.15) is 12.7 Å². The van der Waals surface area contributed by atoms with Gasteiger partial charge in [0.25, 0.3) is 0 Å². The number of para-hydroxylation sites is 2. The van der Waals surface area contributed by atoms with E-state index in [-0.39, 0.29) is 24.0 Å². The summed E-state index contributed by atoms with van der Waals surface area (Å²) in [4.78, 5) is 24.5. The van der Waals surface area contributed by atoms with E-state index in [0.717, 1.165) is 5.69 Å². The summed E-state index contributed by atoms with van der Waals surface area (Å²) in [5.74, 6) is 0.352. The summed E-state index contributed by atoms with van der Waals surface area (Å²) >= 11 is 7.35. The van der Waals surface area contributed by atoms with Crippen molar-refractivity contribution in [2.75, 3.05) is 16.4 Å². The molecule has 0 bridgehead atoms. The van der Waals surface area contributed by atoms with Crippen molar-refractivity contribution < 1.29 is 9.59 Å². The van der Waals surface area contributed by atoms with Gasteiger partial charge in [0.2, 0.25) is 11.8 Å². The molecule has 0 atom stereocenters. The number of hydrogen-bond donors (Lipinski definition) is 2. The number of aromatic nitrogens is 3. The molecule has 1 aromatic heterocycles. The van der Waals surface area contributed by atoms with Crippen molar-refractivity contribution in [1.29, 1.82) is 0 Å². The average Bonchev–Trinajstić information content (AvgIpc) is 3.10. The summed E-state index contributed by atoms with van der Waals surface area (Å²) in [6.45, 7) is 2.53. The summed E-state index contributed by atoms with van der Waals surface area (Å²) in [5, 5.41) is 14.9. The van der Waals surface area contributed by atoms with Crippen molar-refractivity contribution in [2.45, 2.75) is 25.0 Å². The van der Waals surface area contributed by atoms with Gasteiger partial charge in [-0.3, -0.25) is 9.59 Å². The monoisotopic (exact) mass is 429 g/mol. The lowest BCUT2D eigenvalue weighted by atomic mass is 10.3. The number of halogens is 1. The van der Waals surface area contributed by atoms with Gasteiger partial charge in [0.05, 0.1) is 22.9 Å². The van der Waals surface area contributed by atoms with E-state index in [1.807, 2.05) is 41.8 Å². The summed E-state index contributed by atoms with van der Waals surface area (Å²) in [6, 6.07) is 16.3. The molecule has 2 N–H and O–H groups in total. The molecule has 0 fully saturated rings. The van der Waals surface area contributed by atoms with E-state index in [0.29, 0.717) is 28.2 Å². The molecular weight excluding hydrogens is 410 g/mol. The first kappa shape index (κ1) is 20.9. The lowest BCUT2D eigenvalue weighted by Gasteiger charge is -2.09. The Hall–Kier alpha value is -2.84. The Labute approximate surface area is 177 Å². The van der Waals surface area contributed by atoms with Gasteiger partial charge in [-0.15, -0.1) is 10.2 Å². The van der Waals surface area contributed by atoms with Crippen LogP contribution in [0.3, 0.4) is 0 Å². The normalized spacial score (nSPS) is 10.6. The fourth-order valence-electron chi connectivity index (χ4n) is 2.62. The molecule has 0 spiro atoms. The second-order valence-electron chi connectivity index (χ2n) is 6.05. The smallest absolute Gasteiger partial charge is 0.234 e. The topological polar surface area (TPSA) is 88.9 Å². The van der Waals surface area contributed by atoms with Crippen molar-refractivity contribution in [3.63, 3.8) is 0 Å². The van der Waals surface area contributed by atoms with Crippen LogP contribution in [-0.4, -0.2) is 32.3 Å². The van der Waals surface area contributed by atoms with E-state index in [1.165, 1.54) is 11.8 Å². The van der Waals surface area contributed by atoms with E-state index < -0.39 is 0 Å². The van der Waals surface area contributed by atoms with Crippen molar-refractivity contribution >= 4 is 46.6 Å². The summed E-state index contributed by atoms with van der Waals surface area (Å²) in [6.07, 6.45) is 0.0584. The third kappa shape index (κ3) is 5.82. The first-order chi connectivity index (χ1) is 14.1. The minimum atomic E-state index is -0.237. The molecule has 0 radical (unpaired) electrons. The average molecular weight is 430 g/mol. The Balaban J connectivity index is 1.58. The van der Waals surface area contributed by atoms with Crippen LogP contribution in [0.2, 0.25) is 5.02 Å². The minimum absolute atomic E-state index is 0.0584. The van der Waals surface area contributed by atoms with Gasteiger partial charge in [-0.2, -0.15) is 0 Å². The van der Waals surface area contributed by atoms with Crippen LogP contribution >= 0.6 is 23.4 Å². The number of hydrogen-bond acceptors (Lipinski definition) is 5. The fraction of sp³-hybridized carbons (Fsp3) is 0.200. The Morgan fingerprint density at radius 1 is 1.00 bits per heavy atom.